The first-order chi connectivity index (χ1) is 4.88. The standard InChI is InChI=1S/C4H5Cl4NO2/c5-1-2(10)9-3(11)4(6,7)8/h3,11H,1H2,(H,9,10)/t3-/m1/s1. The van der Waals surface area contributed by atoms with Crippen LogP contribution in [0.25, 0.3) is 0 Å². The molecule has 0 spiro atoms. The number of halogens is 4. The van der Waals surface area contributed by atoms with Crippen LogP contribution >= 0.6 is 46.4 Å². The summed E-state index contributed by atoms with van der Waals surface area (Å²) in [6.07, 6.45) is -1.54. The molecule has 1 amide bonds. The summed E-state index contributed by atoms with van der Waals surface area (Å²) in [7, 11) is 0. The topological polar surface area (TPSA) is 49.3 Å². The lowest BCUT2D eigenvalue weighted by Gasteiger charge is -2.19. The Morgan fingerprint density at radius 3 is 2.27 bits per heavy atom. The van der Waals surface area contributed by atoms with E-state index in [0.29, 0.717) is 0 Å². The summed E-state index contributed by atoms with van der Waals surface area (Å²) in [6, 6.07) is 0. The zero-order valence-electron chi connectivity index (χ0n) is 5.15. The molecule has 3 nitrogen and oxygen atoms in total. The molecule has 0 aromatic heterocycles. The fraction of sp³-hybridized carbons (Fsp3) is 0.750. The highest BCUT2D eigenvalue weighted by atomic mass is 35.6. The van der Waals surface area contributed by atoms with Crippen molar-refractivity contribution in [1.29, 1.82) is 0 Å². The molecule has 0 aromatic carbocycles. The lowest BCUT2D eigenvalue weighted by atomic mass is 10.6. The first kappa shape index (κ1) is 11.6. The number of hydrogen-bond acceptors (Lipinski definition) is 2. The molecule has 0 aromatic rings. The van der Waals surface area contributed by atoms with Crippen molar-refractivity contribution in [1.82, 2.24) is 5.32 Å². The Labute approximate surface area is 83.6 Å². The minimum absolute atomic E-state index is 0.294. The van der Waals surface area contributed by atoms with Gasteiger partial charge < -0.3 is 10.4 Å². The van der Waals surface area contributed by atoms with Gasteiger partial charge in [-0.1, -0.05) is 34.8 Å². The molecule has 66 valence electrons. The lowest BCUT2D eigenvalue weighted by Crippen LogP contribution is -2.44. The van der Waals surface area contributed by atoms with E-state index in [2.05, 4.69) is 0 Å². The second-order valence-electron chi connectivity index (χ2n) is 1.65. The number of carbonyl (C=O) groups excluding carboxylic acids is 1. The Bertz CT molecular complexity index is 146. The normalized spacial score (nSPS) is 14.3. The third kappa shape index (κ3) is 4.93. The van der Waals surface area contributed by atoms with Gasteiger partial charge in [0.05, 0.1) is 0 Å². The van der Waals surface area contributed by atoms with E-state index in [4.69, 9.17) is 51.5 Å². The Balaban J connectivity index is 3.87. The largest absolute Gasteiger partial charge is 0.369 e. The van der Waals surface area contributed by atoms with Crippen LogP contribution in [0, 0.1) is 0 Å². The van der Waals surface area contributed by atoms with Gasteiger partial charge in [-0.15, -0.1) is 11.6 Å². The van der Waals surface area contributed by atoms with Gasteiger partial charge in [-0.05, 0) is 0 Å². The van der Waals surface area contributed by atoms with E-state index in [1.807, 2.05) is 5.32 Å². The molecule has 0 saturated heterocycles. The number of aliphatic hydroxyl groups excluding tert-OH is 1. The van der Waals surface area contributed by atoms with Crippen LogP contribution in [-0.2, 0) is 4.79 Å². The van der Waals surface area contributed by atoms with E-state index in [-0.39, 0.29) is 5.88 Å². The fourth-order valence-corrected chi connectivity index (χ4v) is 0.514. The number of nitrogens with one attached hydrogen (secondary N) is 1. The van der Waals surface area contributed by atoms with E-state index in [1.165, 1.54) is 0 Å². The van der Waals surface area contributed by atoms with Gasteiger partial charge in [-0.2, -0.15) is 0 Å². The highest BCUT2D eigenvalue weighted by Crippen LogP contribution is 2.28. The zero-order valence-corrected chi connectivity index (χ0v) is 8.18. The van der Waals surface area contributed by atoms with Crippen LogP contribution in [0.5, 0.6) is 0 Å². The van der Waals surface area contributed by atoms with Crippen molar-refractivity contribution in [2.24, 2.45) is 0 Å². The molecule has 1 atom stereocenters. The van der Waals surface area contributed by atoms with Crippen LogP contribution in [0.2, 0.25) is 0 Å². The average molecular weight is 241 g/mol. The average Bonchev–Trinajstić information content (AvgIpc) is 1.85. The van der Waals surface area contributed by atoms with Crippen LogP contribution in [0.1, 0.15) is 0 Å². The molecule has 0 aliphatic heterocycles. The Morgan fingerprint density at radius 1 is 1.55 bits per heavy atom. The number of aliphatic hydroxyl groups is 1. The first-order valence-electron chi connectivity index (χ1n) is 2.48. The fourth-order valence-electron chi connectivity index (χ4n) is 0.273. The molecule has 0 radical (unpaired) electrons. The van der Waals surface area contributed by atoms with Crippen LogP contribution in [0.15, 0.2) is 0 Å². The third-order valence-corrected chi connectivity index (χ3v) is 1.59. The first-order valence-corrected chi connectivity index (χ1v) is 4.15. The second kappa shape index (κ2) is 4.58. The molecule has 0 unspecified atom stereocenters. The molecule has 2 N–H and O–H groups in total. The summed E-state index contributed by atoms with van der Waals surface area (Å²) >= 11 is 20.7. The Kier molecular flexibility index (Phi) is 4.82. The Hall–Kier alpha value is 0.590. The highest BCUT2D eigenvalue weighted by molar-refractivity contribution is 6.68. The molecule has 0 aliphatic carbocycles. The van der Waals surface area contributed by atoms with Gasteiger partial charge in [0.15, 0.2) is 6.23 Å². The van der Waals surface area contributed by atoms with Crippen LogP contribution in [-0.4, -0.2) is 26.9 Å². The lowest BCUT2D eigenvalue weighted by molar-refractivity contribution is -0.121. The van der Waals surface area contributed by atoms with Gasteiger partial charge >= 0.3 is 0 Å². The summed E-state index contributed by atoms with van der Waals surface area (Å²) in [5.74, 6) is -0.900. The predicted molar refractivity (Wildman–Crippen MR) is 45.2 cm³/mol. The number of carbonyl (C=O) groups is 1. The van der Waals surface area contributed by atoms with Gasteiger partial charge in [0.25, 0.3) is 0 Å². The van der Waals surface area contributed by atoms with E-state index < -0.39 is 15.9 Å². The number of hydrogen-bond donors (Lipinski definition) is 2. The van der Waals surface area contributed by atoms with Crippen LogP contribution in [0.4, 0.5) is 0 Å². The number of alkyl halides is 4. The molecule has 0 heterocycles. The molecule has 0 aliphatic rings. The van der Waals surface area contributed by atoms with Crippen molar-refractivity contribution in [2.45, 2.75) is 10.0 Å². The molecule has 11 heavy (non-hydrogen) atoms. The van der Waals surface area contributed by atoms with Gasteiger partial charge in [-0.3, -0.25) is 4.79 Å². The van der Waals surface area contributed by atoms with Crippen molar-refractivity contribution in [3.63, 3.8) is 0 Å². The van der Waals surface area contributed by atoms with E-state index in [1.54, 1.807) is 0 Å². The van der Waals surface area contributed by atoms with Gasteiger partial charge in [0.1, 0.15) is 5.88 Å². The van der Waals surface area contributed by atoms with E-state index in [0.717, 1.165) is 0 Å². The third-order valence-electron chi connectivity index (χ3n) is 0.729. The monoisotopic (exact) mass is 239 g/mol. The van der Waals surface area contributed by atoms with Crippen molar-refractivity contribution in [3.8, 4) is 0 Å². The maximum Gasteiger partial charge on any atom is 0.237 e. The maximum atomic E-state index is 10.5. The quantitative estimate of drug-likeness (QED) is 0.560. The number of rotatable bonds is 2. The minimum atomic E-state index is -1.93. The molecule has 0 rings (SSSR count). The summed E-state index contributed by atoms with van der Waals surface area (Å²) in [5.41, 5.74) is 0. The predicted octanol–water partition coefficient (Wildman–Crippen LogP) is 1.03. The molecule has 0 bridgehead atoms. The minimum Gasteiger partial charge on any atom is -0.369 e. The van der Waals surface area contributed by atoms with Crippen LogP contribution < -0.4 is 5.32 Å². The molecule has 0 saturated carbocycles. The molecular weight excluding hydrogens is 236 g/mol. The van der Waals surface area contributed by atoms with Crippen molar-refractivity contribution >= 4 is 52.3 Å². The zero-order chi connectivity index (χ0) is 9.07. The van der Waals surface area contributed by atoms with Gasteiger partial charge in [0, 0.05) is 0 Å². The van der Waals surface area contributed by atoms with Crippen molar-refractivity contribution < 1.29 is 9.90 Å². The Morgan fingerprint density at radius 2 is 2.00 bits per heavy atom. The maximum absolute atomic E-state index is 10.5. The van der Waals surface area contributed by atoms with Gasteiger partial charge in [-0.25, -0.2) is 0 Å². The smallest absolute Gasteiger partial charge is 0.237 e. The summed E-state index contributed by atoms with van der Waals surface area (Å²) in [5, 5.41) is 10.9. The molecular formula is C4H5Cl4NO2. The van der Waals surface area contributed by atoms with Crippen molar-refractivity contribution in [2.75, 3.05) is 5.88 Å². The summed E-state index contributed by atoms with van der Waals surface area (Å²) in [6.45, 7) is 0. The molecule has 0 fully saturated rings. The van der Waals surface area contributed by atoms with Crippen LogP contribution in [0.3, 0.4) is 0 Å². The van der Waals surface area contributed by atoms with Gasteiger partial charge in [0.2, 0.25) is 9.70 Å². The summed E-state index contributed by atoms with van der Waals surface area (Å²) in [4.78, 5) is 10.5. The summed E-state index contributed by atoms with van der Waals surface area (Å²) < 4.78 is -1.93. The molecule has 7 heteroatoms. The van der Waals surface area contributed by atoms with E-state index >= 15 is 0 Å². The SMILES string of the molecule is O=C(CCl)N[C@H](O)C(Cl)(Cl)Cl. The highest BCUT2D eigenvalue weighted by Gasteiger charge is 2.31. The second-order valence-corrected chi connectivity index (χ2v) is 4.28. The number of amides is 1. The van der Waals surface area contributed by atoms with E-state index in [9.17, 15) is 4.79 Å². The van der Waals surface area contributed by atoms with Crippen molar-refractivity contribution in [3.05, 3.63) is 0 Å².